The summed E-state index contributed by atoms with van der Waals surface area (Å²) in [5.74, 6) is 1.45. The molecule has 0 amide bonds. The Labute approximate surface area is 171 Å². The number of nitrogens with zero attached hydrogens (tertiary/aromatic N) is 2. The highest BCUT2D eigenvalue weighted by atomic mass is 16.5. The molecule has 152 valence electrons. The SMILES string of the molecule is CCN1CCN(Cc2c(O)ccc3c2OC(=Cc2cccc(OC)c2)C3=O)CC1. The Bertz CT molecular complexity index is 946. The van der Waals surface area contributed by atoms with Crippen LogP contribution in [0.2, 0.25) is 0 Å². The number of aromatic hydroxyl groups is 1. The van der Waals surface area contributed by atoms with E-state index in [0.29, 0.717) is 29.2 Å². The van der Waals surface area contributed by atoms with Gasteiger partial charge in [0.2, 0.25) is 5.78 Å². The monoisotopic (exact) mass is 394 g/mol. The number of hydrogen-bond acceptors (Lipinski definition) is 6. The quantitative estimate of drug-likeness (QED) is 0.786. The highest BCUT2D eigenvalue weighted by Crippen LogP contribution is 2.40. The number of ketones is 1. The number of carbonyl (C=O) groups excluding carboxylic acids is 1. The fourth-order valence-corrected chi connectivity index (χ4v) is 3.82. The number of benzene rings is 2. The number of carbonyl (C=O) groups is 1. The maximum atomic E-state index is 12.9. The molecule has 1 saturated heterocycles. The van der Waals surface area contributed by atoms with Crippen LogP contribution in [-0.2, 0) is 6.54 Å². The lowest BCUT2D eigenvalue weighted by Gasteiger charge is -2.34. The molecule has 2 aliphatic heterocycles. The summed E-state index contributed by atoms with van der Waals surface area (Å²) in [6.45, 7) is 7.65. The van der Waals surface area contributed by atoms with Crippen molar-refractivity contribution in [3.8, 4) is 17.2 Å². The van der Waals surface area contributed by atoms with Gasteiger partial charge in [-0.25, -0.2) is 0 Å². The highest BCUT2D eigenvalue weighted by molar-refractivity contribution is 6.15. The molecule has 1 fully saturated rings. The molecule has 1 N–H and O–H groups in total. The molecule has 0 atom stereocenters. The number of allylic oxidation sites excluding steroid dienone is 1. The molecule has 0 aromatic heterocycles. The molecule has 29 heavy (non-hydrogen) atoms. The van der Waals surface area contributed by atoms with Crippen LogP contribution in [-0.4, -0.2) is 60.5 Å². The number of hydrogen-bond donors (Lipinski definition) is 1. The Morgan fingerprint density at radius 3 is 2.62 bits per heavy atom. The van der Waals surface area contributed by atoms with E-state index in [1.54, 1.807) is 25.3 Å². The Morgan fingerprint density at radius 2 is 1.90 bits per heavy atom. The van der Waals surface area contributed by atoms with Gasteiger partial charge in [0.25, 0.3) is 0 Å². The van der Waals surface area contributed by atoms with Crippen LogP contribution in [0.4, 0.5) is 0 Å². The third-order valence-corrected chi connectivity index (χ3v) is 5.60. The second kappa shape index (κ2) is 8.27. The summed E-state index contributed by atoms with van der Waals surface area (Å²) in [6, 6.07) is 10.7. The van der Waals surface area contributed by atoms with Gasteiger partial charge in [0.15, 0.2) is 5.76 Å². The number of ether oxygens (including phenoxy) is 2. The molecule has 2 aliphatic rings. The summed E-state index contributed by atoms with van der Waals surface area (Å²) in [7, 11) is 1.61. The van der Waals surface area contributed by atoms with Crippen LogP contribution in [0.5, 0.6) is 17.2 Å². The lowest BCUT2D eigenvalue weighted by atomic mass is 10.0. The van der Waals surface area contributed by atoms with Gasteiger partial charge in [-0.3, -0.25) is 9.69 Å². The first-order valence-electron chi connectivity index (χ1n) is 9.97. The standard InChI is InChI=1S/C23H26N2O4/c1-3-24-9-11-25(12-10-24)15-19-20(26)8-7-18-22(27)21(29-23(18)19)14-16-5-4-6-17(13-16)28-2/h4-8,13-14,26H,3,9-12,15H2,1-2H3. The van der Waals surface area contributed by atoms with E-state index in [1.165, 1.54) is 0 Å². The maximum Gasteiger partial charge on any atom is 0.231 e. The minimum Gasteiger partial charge on any atom is -0.507 e. The van der Waals surface area contributed by atoms with Gasteiger partial charge in [0, 0.05) is 32.7 Å². The normalized spacial score (nSPS) is 18.7. The van der Waals surface area contributed by atoms with E-state index in [-0.39, 0.29) is 17.3 Å². The lowest BCUT2D eigenvalue weighted by Crippen LogP contribution is -2.45. The molecule has 2 heterocycles. The van der Waals surface area contributed by atoms with Gasteiger partial charge in [0.1, 0.15) is 17.2 Å². The molecule has 2 aromatic rings. The first kappa shape index (κ1) is 19.5. The number of rotatable bonds is 5. The van der Waals surface area contributed by atoms with E-state index in [1.807, 2.05) is 24.3 Å². The Kier molecular flexibility index (Phi) is 5.56. The molecule has 0 aliphatic carbocycles. The number of piperazine rings is 1. The predicted molar refractivity (Wildman–Crippen MR) is 111 cm³/mol. The van der Waals surface area contributed by atoms with Gasteiger partial charge in [-0.15, -0.1) is 0 Å². The minimum atomic E-state index is -0.167. The van der Waals surface area contributed by atoms with Crippen molar-refractivity contribution in [3.05, 3.63) is 58.8 Å². The summed E-state index contributed by atoms with van der Waals surface area (Å²) in [6.07, 6.45) is 1.71. The van der Waals surface area contributed by atoms with Crippen LogP contribution in [0, 0.1) is 0 Å². The third kappa shape index (κ3) is 3.99. The number of fused-ring (bicyclic) bond motifs is 1. The number of methoxy groups -OCH3 is 1. The van der Waals surface area contributed by atoms with E-state index in [0.717, 1.165) is 38.3 Å². The summed E-state index contributed by atoms with van der Waals surface area (Å²) in [5, 5.41) is 10.5. The van der Waals surface area contributed by atoms with Crippen molar-refractivity contribution in [1.29, 1.82) is 0 Å². The second-order valence-corrected chi connectivity index (χ2v) is 7.37. The van der Waals surface area contributed by atoms with Crippen molar-refractivity contribution < 1.29 is 19.4 Å². The number of likely N-dealkylation sites (N-methyl/N-ethyl adjacent to an activating group) is 1. The molecule has 6 nitrogen and oxygen atoms in total. The van der Waals surface area contributed by atoms with Crippen LogP contribution in [0.25, 0.3) is 6.08 Å². The largest absolute Gasteiger partial charge is 0.507 e. The fourth-order valence-electron chi connectivity index (χ4n) is 3.82. The topological polar surface area (TPSA) is 62.2 Å². The third-order valence-electron chi connectivity index (χ3n) is 5.60. The zero-order valence-corrected chi connectivity index (χ0v) is 16.9. The molecule has 0 saturated carbocycles. The van der Waals surface area contributed by atoms with Crippen LogP contribution >= 0.6 is 0 Å². The summed E-state index contributed by atoms with van der Waals surface area (Å²) in [5.41, 5.74) is 2.00. The Morgan fingerprint density at radius 1 is 1.14 bits per heavy atom. The Hall–Kier alpha value is -2.83. The van der Waals surface area contributed by atoms with Crippen molar-refractivity contribution in [2.75, 3.05) is 39.8 Å². The van der Waals surface area contributed by atoms with Crippen molar-refractivity contribution in [2.24, 2.45) is 0 Å². The van der Waals surface area contributed by atoms with Crippen LogP contribution in [0.3, 0.4) is 0 Å². The van der Waals surface area contributed by atoms with Gasteiger partial charge in [-0.1, -0.05) is 19.1 Å². The molecule has 0 unspecified atom stereocenters. The zero-order chi connectivity index (χ0) is 20.4. The molecular weight excluding hydrogens is 368 g/mol. The van der Waals surface area contributed by atoms with E-state index >= 15 is 0 Å². The highest BCUT2D eigenvalue weighted by Gasteiger charge is 2.32. The molecule has 0 radical (unpaired) electrons. The van der Waals surface area contributed by atoms with Gasteiger partial charge >= 0.3 is 0 Å². The van der Waals surface area contributed by atoms with Crippen LogP contribution < -0.4 is 9.47 Å². The summed E-state index contributed by atoms with van der Waals surface area (Å²) >= 11 is 0. The van der Waals surface area contributed by atoms with E-state index in [2.05, 4.69) is 16.7 Å². The average Bonchev–Trinajstić information content (AvgIpc) is 3.06. The fraction of sp³-hybridized carbons (Fsp3) is 0.348. The van der Waals surface area contributed by atoms with Gasteiger partial charge in [0.05, 0.1) is 18.2 Å². The first-order valence-corrected chi connectivity index (χ1v) is 9.97. The minimum absolute atomic E-state index is 0.164. The first-order chi connectivity index (χ1) is 14.1. The molecule has 0 bridgehead atoms. The molecule has 0 spiro atoms. The predicted octanol–water partition coefficient (Wildman–Crippen LogP) is 3.15. The maximum absolute atomic E-state index is 12.9. The summed E-state index contributed by atoms with van der Waals surface area (Å²) < 4.78 is 11.2. The van der Waals surface area contributed by atoms with Crippen LogP contribution in [0.15, 0.2) is 42.2 Å². The number of Topliss-reactive ketones (excluding diaryl/α,β-unsaturated/α-hetero) is 1. The molecule has 2 aromatic carbocycles. The van der Waals surface area contributed by atoms with E-state index < -0.39 is 0 Å². The van der Waals surface area contributed by atoms with Crippen molar-refractivity contribution >= 4 is 11.9 Å². The summed E-state index contributed by atoms with van der Waals surface area (Å²) in [4.78, 5) is 17.6. The number of phenols is 1. The smallest absolute Gasteiger partial charge is 0.231 e. The number of phenolic OH excluding ortho intramolecular Hbond substituents is 1. The van der Waals surface area contributed by atoms with Crippen molar-refractivity contribution in [2.45, 2.75) is 13.5 Å². The molecular formula is C23H26N2O4. The zero-order valence-electron chi connectivity index (χ0n) is 16.9. The lowest BCUT2D eigenvalue weighted by molar-refractivity contribution is 0.101. The van der Waals surface area contributed by atoms with Gasteiger partial charge < -0.3 is 19.5 Å². The molecule has 4 rings (SSSR count). The van der Waals surface area contributed by atoms with Crippen molar-refractivity contribution in [3.63, 3.8) is 0 Å². The van der Waals surface area contributed by atoms with E-state index in [4.69, 9.17) is 9.47 Å². The average molecular weight is 394 g/mol. The van der Waals surface area contributed by atoms with Gasteiger partial charge in [-0.05, 0) is 42.4 Å². The second-order valence-electron chi connectivity index (χ2n) is 7.37. The van der Waals surface area contributed by atoms with Crippen molar-refractivity contribution in [1.82, 2.24) is 9.80 Å². The molecule has 6 heteroatoms. The van der Waals surface area contributed by atoms with E-state index in [9.17, 15) is 9.90 Å². The Balaban J connectivity index is 1.58. The van der Waals surface area contributed by atoms with Crippen LogP contribution in [0.1, 0.15) is 28.4 Å². The van der Waals surface area contributed by atoms with Gasteiger partial charge in [-0.2, -0.15) is 0 Å².